The Balaban J connectivity index is 0.00000113. The average Bonchev–Trinajstić information content (AvgIpc) is 3.17. The van der Waals surface area contributed by atoms with Gasteiger partial charge >= 0.3 is 17.9 Å². The molecule has 18 nitrogen and oxygen atoms in total. The Labute approximate surface area is 361 Å². The standard InChI is InChI=1S/C37H67NO13.C6H10O4/c1-14-25-37(10,45)30(41)20(4)27(39)18(2)16-35(8,44)32(51-34-28(40)24(38(11)12)15-19(3)47-34)21(5)29(22(6)33(43)49-25)50-26-17-36(9,46-13)31(42)23(7)48-26;1-2-4(6(9)10)3-5(7)8/h18-26,28-32,34,40-42,44-45H,14-17H2,1-13H3;4H,2-3H2,1H3,(H,7,8)(H,9,10)/t18-,19-,20+,21+,22-,23+,24+,25-,26+,28-,29+,30-,31+,32-,34+,35-,36-,37-;/m1./s1. The number of ether oxygens (including phenoxy) is 6. The summed E-state index contributed by atoms with van der Waals surface area (Å²) in [5.74, 6) is -7.81. The summed E-state index contributed by atoms with van der Waals surface area (Å²) in [7, 11) is 5.18. The number of methoxy groups -OCH3 is 1. The number of nitrogens with zero attached hydrogens (tertiary/aromatic N) is 1. The van der Waals surface area contributed by atoms with Crippen LogP contribution in [0.5, 0.6) is 0 Å². The molecular weight excluding hydrogens is 802 g/mol. The first-order valence-electron chi connectivity index (χ1n) is 21.5. The van der Waals surface area contributed by atoms with Gasteiger partial charge in [-0.25, -0.2) is 0 Å². The summed E-state index contributed by atoms with van der Waals surface area (Å²) >= 11 is 0. The average molecular weight is 880 g/mol. The molecule has 3 aliphatic heterocycles. The number of hydrogen-bond acceptors (Lipinski definition) is 16. The number of Topliss-reactive ketones (excluding diaryl/α,β-unsaturated/α-hetero) is 1. The highest BCUT2D eigenvalue weighted by Crippen LogP contribution is 2.41. The normalized spacial score (nSPS) is 43.6. The molecule has 3 fully saturated rings. The number of carboxylic acid groups (broad SMARTS) is 2. The maximum atomic E-state index is 14.1. The molecule has 3 rings (SSSR count). The Morgan fingerprint density at radius 3 is 1.95 bits per heavy atom. The number of aliphatic hydroxyl groups excluding tert-OH is 3. The summed E-state index contributed by atoms with van der Waals surface area (Å²) in [6.07, 6.45) is -9.63. The second-order valence-electron chi connectivity index (χ2n) is 18.5. The molecule has 0 bridgehead atoms. The number of cyclic esters (lactones) is 1. The third-order valence-corrected chi connectivity index (χ3v) is 13.1. The van der Waals surface area contributed by atoms with Gasteiger partial charge in [0.1, 0.15) is 29.7 Å². The summed E-state index contributed by atoms with van der Waals surface area (Å²) in [5, 5.41) is 74.2. The zero-order chi connectivity index (χ0) is 47.1. The number of carbonyl (C=O) groups excluding carboxylic acids is 2. The molecule has 0 radical (unpaired) electrons. The number of carboxylic acids is 2. The van der Waals surface area contributed by atoms with Crippen molar-refractivity contribution in [1.82, 2.24) is 4.90 Å². The van der Waals surface area contributed by atoms with E-state index in [4.69, 9.17) is 38.6 Å². The number of aliphatic hydroxyl groups is 5. The smallest absolute Gasteiger partial charge is 0.311 e. The maximum absolute atomic E-state index is 14.1. The number of esters is 1. The molecule has 0 amide bonds. The molecule has 0 aromatic heterocycles. The van der Waals surface area contributed by atoms with Crippen molar-refractivity contribution in [1.29, 1.82) is 0 Å². The first kappa shape index (κ1) is 54.8. The lowest BCUT2D eigenvalue weighted by Gasteiger charge is -2.49. The predicted molar refractivity (Wildman–Crippen MR) is 220 cm³/mol. The molecule has 356 valence electrons. The summed E-state index contributed by atoms with van der Waals surface area (Å²) in [4.78, 5) is 50.0. The molecule has 19 atom stereocenters. The first-order valence-corrected chi connectivity index (χ1v) is 21.5. The zero-order valence-corrected chi connectivity index (χ0v) is 38.6. The lowest BCUT2D eigenvalue weighted by Crippen LogP contribution is -2.61. The van der Waals surface area contributed by atoms with Gasteiger partial charge in [0.15, 0.2) is 12.6 Å². The molecule has 0 aliphatic carbocycles. The second kappa shape index (κ2) is 22.5. The van der Waals surface area contributed by atoms with E-state index in [2.05, 4.69) is 0 Å². The van der Waals surface area contributed by atoms with Gasteiger partial charge in [-0.1, -0.05) is 34.6 Å². The lowest BCUT2D eigenvalue weighted by molar-refractivity contribution is -0.318. The van der Waals surface area contributed by atoms with Gasteiger partial charge in [0.05, 0.1) is 60.0 Å². The monoisotopic (exact) mass is 880 g/mol. The highest BCUT2D eigenvalue weighted by molar-refractivity contribution is 5.83. The summed E-state index contributed by atoms with van der Waals surface area (Å²) < 4.78 is 37.1. The fourth-order valence-corrected chi connectivity index (χ4v) is 9.03. The van der Waals surface area contributed by atoms with Crippen LogP contribution in [-0.2, 0) is 47.6 Å². The minimum absolute atomic E-state index is 0.0936. The quantitative estimate of drug-likeness (QED) is 0.147. The van der Waals surface area contributed by atoms with Crippen molar-refractivity contribution in [2.75, 3.05) is 21.2 Å². The molecule has 1 unspecified atom stereocenters. The SMILES string of the molecule is CCC(CC(=O)O)C(=O)O.CC[C@H]1OC(=O)[C@H](C)[C@@H](O[C@H]2C[C@@](C)(OC)[C@@H](O)[C@H](C)O2)[C@H](C)[C@@H](O[C@@H]2O[C@H](C)C[C@H](N(C)C)[C@H]2O)[C@](C)(O)C[C@@H](C)C(=O)[C@H](C)[C@@H](O)[C@]1(C)O. The van der Waals surface area contributed by atoms with Crippen LogP contribution in [0, 0.1) is 29.6 Å². The maximum Gasteiger partial charge on any atom is 0.311 e. The number of hydrogen-bond donors (Lipinski definition) is 7. The molecule has 3 heterocycles. The Hall–Kier alpha value is -2.36. The van der Waals surface area contributed by atoms with Crippen LogP contribution in [0.15, 0.2) is 0 Å². The van der Waals surface area contributed by atoms with E-state index in [0.717, 1.165) is 0 Å². The van der Waals surface area contributed by atoms with E-state index < -0.39 is 125 Å². The summed E-state index contributed by atoms with van der Waals surface area (Å²) in [6.45, 7) is 18.0. The van der Waals surface area contributed by atoms with Crippen LogP contribution >= 0.6 is 0 Å². The van der Waals surface area contributed by atoms with Crippen LogP contribution in [0.4, 0.5) is 0 Å². The van der Waals surface area contributed by atoms with E-state index in [0.29, 0.717) is 12.8 Å². The van der Waals surface area contributed by atoms with E-state index in [-0.39, 0.29) is 37.8 Å². The van der Waals surface area contributed by atoms with E-state index in [9.17, 15) is 44.7 Å². The number of rotatable bonds is 11. The van der Waals surface area contributed by atoms with E-state index >= 15 is 0 Å². The van der Waals surface area contributed by atoms with Crippen molar-refractivity contribution < 1.29 is 83.3 Å². The molecule has 0 saturated carbocycles. The van der Waals surface area contributed by atoms with Gasteiger partial charge in [0.25, 0.3) is 0 Å². The second-order valence-corrected chi connectivity index (χ2v) is 18.5. The lowest BCUT2D eigenvalue weighted by atomic mass is 9.74. The van der Waals surface area contributed by atoms with Crippen molar-refractivity contribution in [2.24, 2.45) is 29.6 Å². The summed E-state index contributed by atoms with van der Waals surface area (Å²) in [5.41, 5.74) is -4.84. The van der Waals surface area contributed by atoms with Crippen LogP contribution in [0.2, 0.25) is 0 Å². The Bertz CT molecular complexity index is 1440. The van der Waals surface area contributed by atoms with Gasteiger partial charge in [-0.05, 0) is 81.3 Å². The van der Waals surface area contributed by atoms with Crippen molar-refractivity contribution in [3.63, 3.8) is 0 Å². The number of aliphatic carboxylic acids is 2. The predicted octanol–water partition coefficient (Wildman–Crippen LogP) is 2.36. The largest absolute Gasteiger partial charge is 0.481 e. The van der Waals surface area contributed by atoms with Gasteiger partial charge < -0.3 is 69.1 Å². The fourth-order valence-electron chi connectivity index (χ4n) is 9.03. The van der Waals surface area contributed by atoms with Crippen molar-refractivity contribution >= 4 is 23.7 Å². The van der Waals surface area contributed by atoms with Gasteiger partial charge in [-0.2, -0.15) is 0 Å². The third kappa shape index (κ3) is 13.6. The highest BCUT2D eigenvalue weighted by Gasteiger charge is 2.53. The van der Waals surface area contributed by atoms with Gasteiger partial charge in [-0.3, -0.25) is 19.2 Å². The van der Waals surface area contributed by atoms with E-state index in [1.54, 1.807) is 48.5 Å². The molecule has 0 aromatic carbocycles. The fraction of sp³-hybridized carbons (Fsp3) is 0.907. The molecule has 0 spiro atoms. The summed E-state index contributed by atoms with van der Waals surface area (Å²) in [6, 6.07) is -0.324. The van der Waals surface area contributed by atoms with E-state index in [1.807, 2.05) is 25.9 Å². The van der Waals surface area contributed by atoms with Gasteiger partial charge in [-0.15, -0.1) is 0 Å². The molecule has 0 aromatic rings. The van der Waals surface area contributed by atoms with Crippen LogP contribution in [-0.4, -0.2) is 170 Å². The number of carbonyl (C=O) groups is 4. The Kier molecular flexibility index (Phi) is 20.2. The van der Waals surface area contributed by atoms with Gasteiger partial charge in [0, 0.05) is 37.3 Å². The molecule has 61 heavy (non-hydrogen) atoms. The topological polar surface area (TPSA) is 269 Å². The Morgan fingerprint density at radius 2 is 1.48 bits per heavy atom. The van der Waals surface area contributed by atoms with Crippen molar-refractivity contribution in [3.8, 4) is 0 Å². The first-order chi connectivity index (χ1) is 28.0. The molecule has 18 heteroatoms. The van der Waals surface area contributed by atoms with Crippen LogP contribution < -0.4 is 0 Å². The van der Waals surface area contributed by atoms with Crippen molar-refractivity contribution in [3.05, 3.63) is 0 Å². The van der Waals surface area contributed by atoms with Crippen LogP contribution in [0.3, 0.4) is 0 Å². The van der Waals surface area contributed by atoms with Crippen LogP contribution in [0.25, 0.3) is 0 Å². The van der Waals surface area contributed by atoms with Crippen molar-refractivity contribution in [2.45, 2.75) is 199 Å². The zero-order valence-electron chi connectivity index (χ0n) is 38.6. The minimum atomic E-state index is -1.99. The number of likely N-dealkylation sites (N-methyl/N-ethyl adjacent to an activating group) is 1. The minimum Gasteiger partial charge on any atom is -0.481 e. The van der Waals surface area contributed by atoms with Crippen LogP contribution in [0.1, 0.15) is 115 Å². The molecule has 3 aliphatic rings. The molecule has 3 saturated heterocycles. The Morgan fingerprint density at radius 1 is 0.885 bits per heavy atom. The molecular formula is C43H77NO17. The molecule has 7 N–H and O–H groups in total. The third-order valence-electron chi connectivity index (χ3n) is 13.1. The van der Waals surface area contributed by atoms with Gasteiger partial charge in [0.2, 0.25) is 0 Å². The van der Waals surface area contributed by atoms with E-state index in [1.165, 1.54) is 27.9 Å². The highest BCUT2D eigenvalue weighted by atomic mass is 16.7. The number of ketones is 1.